The molecule has 0 saturated carbocycles. The van der Waals surface area contributed by atoms with Gasteiger partial charge in [0.1, 0.15) is 5.75 Å². The number of para-hydroxylation sites is 1. The molecule has 0 heterocycles. The number of carbonyl (C=O) groups excluding carboxylic acids is 1. The molecular weight excluding hydrogens is 267 g/mol. The van der Waals surface area contributed by atoms with E-state index in [1.165, 1.54) is 11.9 Å². The molecule has 0 aliphatic rings. The van der Waals surface area contributed by atoms with E-state index < -0.39 is 7.60 Å². The Labute approximate surface area is 112 Å². The molecular formula is C12H19N2O4P. The van der Waals surface area contributed by atoms with Crippen molar-refractivity contribution in [3.05, 3.63) is 30.3 Å². The van der Waals surface area contributed by atoms with Gasteiger partial charge in [-0.2, -0.15) is 0 Å². The van der Waals surface area contributed by atoms with E-state index in [4.69, 9.17) is 4.52 Å². The third-order valence-corrected chi connectivity index (χ3v) is 3.86. The second-order valence-electron chi connectivity index (χ2n) is 4.10. The predicted octanol–water partition coefficient (Wildman–Crippen LogP) is 1.91. The maximum absolute atomic E-state index is 11.8. The molecule has 0 bridgehead atoms. The normalized spacial score (nSPS) is 13.4. The van der Waals surface area contributed by atoms with Crippen LogP contribution in [0, 0.1) is 0 Å². The summed E-state index contributed by atoms with van der Waals surface area (Å²) in [4.78, 5) is 22.3. The van der Waals surface area contributed by atoms with Crippen molar-refractivity contribution in [3.63, 3.8) is 0 Å². The quantitative estimate of drug-likeness (QED) is 0.783. The lowest BCUT2D eigenvalue weighted by atomic mass is 10.3. The number of benzene rings is 1. The van der Waals surface area contributed by atoms with Gasteiger partial charge >= 0.3 is 13.6 Å². The van der Waals surface area contributed by atoms with Crippen molar-refractivity contribution in [2.45, 2.75) is 6.42 Å². The molecule has 19 heavy (non-hydrogen) atoms. The summed E-state index contributed by atoms with van der Waals surface area (Å²) in [6.45, 7) is 0.391. The van der Waals surface area contributed by atoms with Gasteiger partial charge in [-0.05, 0) is 18.6 Å². The molecule has 1 aromatic carbocycles. The van der Waals surface area contributed by atoms with Gasteiger partial charge in [-0.25, -0.2) is 9.36 Å². The molecule has 0 radical (unpaired) electrons. The number of amides is 2. The third-order valence-electron chi connectivity index (χ3n) is 2.49. The van der Waals surface area contributed by atoms with Gasteiger partial charge in [0.05, 0.1) is 6.16 Å². The van der Waals surface area contributed by atoms with Crippen molar-refractivity contribution < 1.29 is 18.8 Å². The number of nitrogens with one attached hydrogen (secondary N) is 1. The largest absolute Gasteiger partial charge is 0.424 e. The lowest BCUT2D eigenvalue weighted by molar-refractivity contribution is 0.211. The zero-order valence-electron chi connectivity index (χ0n) is 11.1. The Morgan fingerprint density at radius 1 is 1.42 bits per heavy atom. The summed E-state index contributed by atoms with van der Waals surface area (Å²) in [5.41, 5.74) is 0. The van der Waals surface area contributed by atoms with Gasteiger partial charge in [-0.1, -0.05) is 18.2 Å². The molecule has 0 saturated heterocycles. The van der Waals surface area contributed by atoms with Crippen LogP contribution in [0.15, 0.2) is 30.3 Å². The highest BCUT2D eigenvalue weighted by atomic mass is 31.2. The number of carbonyl (C=O) groups is 1. The monoisotopic (exact) mass is 286 g/mol. The first-order valence-corrected chi connectivity index (χ1v) is 7.70. The summed E-state index contributed by atoms with van der Waals surface area (Å²) in [6, 6.07) is 8.28. The van der Waals surface area contributed by atoms with Gasteiger partial charge in [0.25, 0.3) is 0 Å². The Bertz CT molecular complexity index is 452. The molecule has 2 amide bonds. The molecule has 0 aromatic heterocycles. The zero-order valence-corrected chi connectivity index (χ0v) is 12.0. The average molecular weight is 286 g/mol. The van der Waals surface area contributed by atoms with Crippen LogP contribution in [0.3, 0.4) is 0 Å². The summed E-state index contributed by atoms with van der Waals surface area (Å²) in [5, 5.41) is 2.48. The number of nitrogens with zero attached hydrogens (tertiary/aromatic N) is 1. The molecule has 0 spiro atoms. The number of urea groups is 1. The molecule has 0 fully saturated rings. The molecule has 7 heteroatoms. The van der Waals surface area contributed by atoms with Crippen LogP contribution in [0.5, 0.6) is 5.75 Å². The molecule has 1 unspecified atom stereocenters. The first-order chi connectivity index (χ1) is 8.94. The van der Waals surface area contributed by atoms with E-state index >= 15 is 0 Å². The van der Waals surface area contributed by atoms with Gasteiger partial charge in [0.2, 0.25) is 0 Å². The van der Waals surface area contributed by atoms with E-state index in [1.807, 2.05) is 0 Å². The summed E-state index contributed by atoms with van der Waals surface area (Å²) in [7, 11) is -0.508. The molecule has 106 valence electrons. The van der Waals surface area contributed by atoms with Crippen molar-refractivity contribution >= 4 is 13.6 Å². The first-order valence-electron chi connectivity index (χ1n) is 5.94. The van der Waals surface area contributed by atoms with Crippen LogP contribution in [0.4, 0.5) is 4.79 Å². The van der Waals surface area contributed by atoms with Gasteiger partial charge < -0.3 is 19.6 Å². The van der Waals surface area contributed by atoms with E-state index in [1.54, 1.807) is 37.4 Å². The number of hydrogen-bond donors (Lipinski definition) is 2. The Morgan fingerprint density at radius 3 is 2.63 bits per heavy atom. The van der Waals surface area contributed by atoms with Crippen molar-refractivity contribution in [2.75, 3.05) is 26.8 Å². The summed E-state index contributed by atoms with van der Waals surface area (Å²) < 4.78 is 16.9. The molecule has 2 N–H and O–H groups in total. The van der Waals surface area contributed by atoms with E-state index in [0.717, 1.165) is 0 Å². The summed E-state index contributed by atoms with van der Waals surface area (Å²) in [5.74, 6) is 0.369. The Morgan fingerprint density at radius 2 is 2.05 bits per heavy atom. The van der Waals surface area contributed by atoms with Crippen LogP contribution >= 0.6 is 7.60 Å². The first kappa shape index (κ1) is 15.5. The van der Waals surface area contributed by atoms with Gasteiger partial charge in [0, 0.05) is 20.6 Å². The second-order valence-corrected chi connectivity index (χ2v) is 6.00. The van der Waals surface area contributed by atoms with Crippen LogP contribution in [0.25, 0.3) is 0 Å². The lowest BCUT2D eigenvalue weighted by Crippen LogP contribution is -2.35. The van der Waals surface area contributed by atoms with Crippen molar-refractivity contribution in [2.24, 2.45) is 0 Å². The van der Waals surface area contributed by atoms with Crippen LogP contribution in [-0.4, -0.2) is 42.6 Å². The fraction of sp³-hybridized carbons (Fsp3) is 0.417. The fourth-order valence-electron chi connectivity index (χ4n) is 1.49. The standard InChI is InChI=1S/C12H19N2O4P/c1-13-12(15)14(2)9-6-10-19(16,17)18-11-7-4-3-5-8-11/h3-5,7-8H,6,9-10H2,1-2H3,(H,13,15)(H,16,17). The molecule has 1 aromatic rings. The number of rotatable bonds is 6. The van der Waals surface area contributed by atoms with Crippen LogP contribution in [-0.2, 0) is 4.57 Å². The molecule has 1 atom stereocenters. The lowest BCUT2D eigenvalue weighted by Gasteiger charge is -2.18. The third kappa shape index (κ3) is 5.77. The van der Waals surface area contributed by atoms with Crippen molar-refractivity contribution in [1.29, 1.82) is 0 Å². The molecule has 0 aliphatic carbocycles. The predicted molar refractivity (Wildman–Crippen MR) is 73.5 cm³/mol. The zero-order chi connectivity index (χ0) is 14.3. The number of hydrogen-bond acceptors (Lipinski definition) is 3. The van der Waals surface area contributed by atoms with E-state index in [2.05, 4.69) is 5.32 Å². The Kier molecular flexibility index (Phi) is 5.86. The summed E-state index contributed by atoms with van der Waals surface area (Å²) in [6.07, 6.45) is 0.397. The van der Waals surface area contributed by atoms with E-state index in [9.17, 15) is 14.3 Å². The summed E-state index contributed by atoms with van der Waals surface area (Å²) >= 11 is 0. The Hall–Kier alpha value is -1.52. The maximum atomic E-state index is 11.8. The topological polar surface area (TPSA) is 78.9 Å². The fourth-order valence-corrected chi connectivity index (χ4v) is 2.58. The highest BCUT2D eigenvalue weighted by Gasteiger charge is 2.21. The van der Waals surface area contributed by atoms with Gasteiger partial charge in [-0.3, -0.25) is 0 Å². The maximum Gasteiger partial charge on any atom is 0.376 e. The highest BCUT2D eigenvalue weighted by Crippen LogP contribution is 2.42. The highest BCUT2D eigenvalue weighted by molar-refractivity contribution is 7.53. The SMILES string of the molecule is CNC(=O)N(C)CCCP(=O)(O)Oc1ccccc1. The average Bonchev–Trinajstić information content (AvgIpc) is 2.38. The van der Waals surface area contributed by atoms with E-state index in [0.29, 0.717) is 18.7 Å². The van der Waals surface area contributed by atoms with Crippen molar-refractivity contribution in [1.82, 2.24) is 10.2 Å². The minimum Gasteiger partial charge on any atom is -0.424 e. The Balaban J connectivity index is 2.39. The minimum atomic E-state index is -3.67. The van der Waals surface area contributed by atoms with Gasteiger partial charge in [-0.15, -0.1) is 0 Å². The minimum absolute atomic E-state index is 0.00320. The molecule has 1 rings (SSSR count). The van der Waals surface area contributed by atoms with E-state index in [-0.39, 0.29) is 12.2 Å². The van der Waals surface area contributed by atoms with Crippen LogP contribution in [0.1, 0.15) is 6.42 Å². The van der Waals surface area contributed by atoms with Crippen LogP contribution < -0.4 is 9.84 Å². The van der Waals surface area contributed by atoms with Gasteiger partial charge in [0.15, 0.2) is 0 Å². The van der Waals surface area contributed by atoms with Crippen molar-refractivity contribution in [3.8, 4) is 5.75 Å². The van der Waals surface area contributed by atoms with Crippen LogP contribution in [0.2, 0.25) is 0 Å². The molecule has 0 aliphatic heterocycles. The smallest absolute Gasteiger partial charge is 0.376 e. The second kappa shape index (κ2) is 7.16. The molecule has 6 nitrogen and oxygen atoms in total.